The number of carbonyl (C=O) groups is 2. The van der Waals surface area contributed by atoms with Crippen LogP contribution in [-0.2, 0) is 16.1 Å². The van der Waals surface area contributed by atoms with E-state index in [4.69, 9.17) is 9.47 Å². The summed E-state index contributed by atoms with van der Waals surface area (Å²) in [6, 6.07) is 14.8. The molecule has 1 aliphatic rings. The first-order valence-electron chi connectivity index (χ1n) is 11.4. The van der Waals surface area contributed by atoms with Crippen molar-refractivity contribution >= 4 is 11.8 Å². The molecular formula is C26H34N2O4. The first-order valence-corrected chi connectivity index (χ1v) is 11.4. The number of hydrogen-bond donors (Lipinski definition) is 1. The van der Waals surface area contributed by atoms with E-state index in [-0.39, 0.29) is 24.5 Å². The topological polar surface area (TPSA) is 67.9 Å². The Morgan fingerprint density at radius 3 is 2.47 bits per heavy atom. The van der Waals surface area contributed by atoms with Crippen molar-refractivity contribution in [3.05, 3.63) is 59.7 Å². The maximum Gasteiger partial charge on any atom is 0.261 e. The van der Waals surface area contributed by atoms with Crippen LogP contribution in [0, 0.1) is 6.92 Å². The Balaban J connectivity index is 1.72. The predicted molar refractivity (Wildman–Crippen MR) is 125 cm³/mol. The fraction of sp³-hybridized carbons (Fsp3) is 0.462. The van der Waals surface area contributed by atoms with E-state index < -0.39 is 6.04 Å². The Bertz CT molecular complexity index is 908. The molecule has 3 rings (SSSR count). The molecule has 1 saturated carbocycles. The zero-order valence-electron chi connectivity index (χ0n) is 19.3. The molecule has 0 spiro atoms. The number of nitrogens with one attached hydrogen (secondary N) is 1. The summed E-state index contributed by atoms with van der Waals surface area (Å²) in [5.74, 6) is 0.700. The number of hydrogen-bond acceptors (Lipinski definition) is 4. The molecule has 2 aromatic rings. The molecule has 1 fully saturated rings. The molecule has 0 bridgehead atoms. The van der Waals surface area contributed by atoms with Gasteiger partial charge in [0.15, 0.2) is 18.1 Å². The molecule has 0 aromatic heterocycles. The van der Waals surface area contributed by atoms with Gasteiger partial charge in [0.25, 0.3) is 5.91 Å². The molecule has 0 saturated heterocycles. The number of benzene rings is 2. The zero-order chi connectivity index (χ0) is 22.9. The van der Waals surface area contributed by atoms with Gasteiger partial charge in [0.2, 0.25) is 5.91 Å². The van der Waals surface area contributed by atoms with Gasteiger partial charge in [-0.1, -0.05) is 61.2 Å². The third kappa shape index (κ3) is 6.49. The molecule has 6 nitrogen and oxygen atoms in total. The smallest absolute Gasteiger partial charge is 0.261 e. The fourth-order valence-corrected chi connectivity index (χ4v) is 4.12. The molecule has 0 aliphatic heterocycles. The lowest BCUT2D eigenvalue weighted by Crippen LogP contribution is -2.51. The minimum atomic E-state index is -0.605. The molecule has 2 amide bonds. The third-order valence-electron chi connectivity index (χ3n) is 5.97. The average Bonchev–Trinajstić information content (AvgIpc) is 2.81. The second-order valence-corrected chi connectivity index (χ2v) is 8.47. The van der Waals surface area contributed by atoms with Gasteiger partial charge in [-0.05, 0) is 44.4 Å². The second-order valence-electron chi connectivity index (χ2n) is 8.47. The highest BCUT2D eigenvalue weighted by Gasteiger charge is 2.28. The quantitative estimate of drug-likeness (QED) is 0.636. The van der Waals surface area contributed by atoms with Crippen LogP contribution in [0.1, 0.15) is 50.2 Å². The van der Waals surface area contributed by atoms with Crippen molar-refractivity contribution < 1.29 is 19.1 Å². The first-order chi connectivity index (χ1) is 15.5. The fourth-order valence-electron chi connectivity index (χ4n) is 4.12. The van der Waals surface area contributed by atoms with Gasteiger partial charge in [0.1, 0.15) is 6.04 Å². The summed E-state index contributed by atoms with van der Waals surface area (Å²) >= 11 is 0. The lowest BCUT2D eigenvalue weighted by atomic mass is 9.95. The standard InChI is InChI=1S/C26H34N2O4/c1-19-10-9-11-21(16-19)17-28(20(2)26(30)27-22-12-5-4-6-13-22)25(29)18-32-24-15-8-7-14-23(24)31-3/h7-11,14-16,20,22H,4-6,12-13,17-18H2,1-3H3,(H,27,30)/t20-/m1/s1. The Morgan fingerprint density at radius 2 is 1.78 bits per heavy atom. The van der Waals surface area contributed by atoms with Crippen LogP contribution in [0.3, 0.4) is 0 Å². The van der Waals surface area contributed by atoms with Crippen LogP contribution in [0.25, 0.3) is 0 Å². The number of rotatable bonds is 9. The number of aryl methyl sites for hydroxylation is 1. The number of ether oxygens (including phenoxy) is 2. The number of nitrogens with zero attached hydrogens (tertiary/aromatic N) is 1. The van der Waals surface area contributed by atoms with Crippen LogP contribution in [0.4, 0.5) is 0 Å². The third-order valence-corrected chi connectivity index (χ3v) is 5.97. The molecule has 1 N–H and O–H groups in total. The van der Waals surface area contributed by atoms with E-state index in [9.17, 15) is 9.59 Å². The summed E-state index contributed by atoms with van der Waals surface area (Å²) in [6.45, 7) is 3.97. The van der Waals surface area contributed by atoms with E-state index in [1.165, 1.54) is 6.42 Å². The Morgan fingerprint density at radius 1 is 1.06 bits per heavy atom. The minimum Gasteiger partial charge on any atom is -0.493 e. The molecule has 0 heterocycles. The second kappa shape index (κ2) is 11.6. The lowest BCUT2D eigenvalue weighted by molar-refractivity contribution is -0.142. The molecule has 172 valence electrons. The van der Waals surface area contributed by atoms with Gasteiger partial charge >= 0.3 is 0 Å². The van der Waals surface area contributed by atoms with Crippen LogP contribution in [0.2, 0.25) is 0 Å². The van der Waals surface area contributed by atoms with Crippen molar-refractivity contribution in [3.8, 4) is 11.5 Å². The summed E-state index contributed by atoms with van der Waals surface area (Å²) in [4.78, 5) is 27.8. The Hall–Kier alpha value is -3.02. The summed E-state index contributed by atoms with van der Waals surface area (Å²) in [5.41, 5.74) is 2.09. The van der Waals surface area contributed by atoms with E-state index in [1.54, 1.807) is 31.1 Å². The van der Waals surface area contributed by atoms with E-state index >= 15 is 0 Å². The van der Waals surface area contributed by atoms with Crippen molar-refractivity contribution in [3.63, 3.8) is 0 Å². The molecule has 1 atom stereocenters. The van der Waals surface area contributed by atoms with Gasteiger partial charge < -0.3 is 19.7 Å². The maximum absolute atomic E-state index is 13.2. The highest BCUT2D eigenvalue weighted by molar-refractivity contribution is 5.88. The van der Waals surface area contributed by atoms with E-state index in [0.29, 0.717) is 18.0 Å². The van der Waals surface area contributed by atoms with Crippen molar-refractivity contribution in [2.75, 3.05) is 13.7 Å². The summed E-state index contributed by atoms with van der Waals surface area (Å²) in [7, 11) is 1.56. The monoisotopic (exact) mass is 438 g/mol. The summed E-state index contributed by atoms with van der Waals surface area (Å²) < 4.78 is 11.1. The summed E-state index contributed by atoms with van der Waals surface area (Å²) in [6.07, 6.45) is 5.50. The van der Waals surface area contributed by atoms with E-state index in [0.717, 1.165) is 36.8 Å². The van der Waals surface area contributed by atoms with Crippen molar-refractivity contribution in [2.45, 2.75) is 64.6 Å². The largest absolute Gasteiger partial charge is 0.493 e. The van der Waals surface area contributed by atoms with Gasteiger partial charge in [-0.25, -0.2) is 0 Å². The highest BCUT2D eigenvalue weighted by atomic mass is 16.5. The molecule has 0 radical (unpaired) electrons. The lowest BCUT2D eigenvalue weighted by Gasteiger charge is -2.31. The molecule has 1 aliphatic carbocycles. The van der Waals surface area contributed by atoms with Crippen LogP contribution < -0.4 is 14.8 Å². The predicted octanol–water partition coefficient (Wildman–Crippen LogP) is 4.25. The maximum atomic E-state index is 13.2. The van der Waals surface area contributed by atoms with Crippen molar-refractivity contribution in [1.82, 2.24) is 10.2 Å². The van der Waals surface area contributed by atoms with Crippen LogP contribution >= 0.6 is 0 Å². The molecule has 6 heteroatoms. The van der Waals surface area contributed by atoms with Crippen molar-refractivity contribution in [1.29, 1.82) is 0 Å². The molecule has 2 aromatic carbocycles. The van der Waals surface area contributed by atoms with Gasteiger partial charge in [0.05, 0.1) is 7.11 Å². The first kappa shape index (κ1) is 23.6. The number of para-hydroxylation sites is 2. The minimum absolute atomic E-state index is 0.116. The van der Waals surface area contributed by atoms with Gasteiger partial charge in [-0.15, -0.1) is 0 Å². The van der Waals surface area contributed by atoms with Gasteiger partial charge in [-0.3, -0.25) is 9.59 Å². The SMILES string of the molecule is COc1ccccc1OCC(=O)N(Cc1cccc(C)c1)[C@H](C)C(=O)NC1CCCCC1. The Labute approximate surface area is 190 Å². The normalized spacial score (nSPS) is 15.0. The van der Waals surface area contributed by atoms with Crippen molar-refractivity contribution in [2.24, 2.45) is 0 Å². The zero-order valence-corrected chi connectivity index (χ0v) is 19.3. The highest BCUT2D eigenvalue weighted by Crippen LogP contribution is 2.26. The van der Waals surface area contributed by atoms with Gasteiger partial charge in [-0.2, -0.15) is 0 Å². The van der Waals surface area contributed by atoms with Gasteiger partial charge in [0, 0.05) is 12.6 Å². The number of amides is 2. The van der Waals surface area contributed by atoms with Crippen LogP contribution in [0.15, 0.2) is 48.5 Å². The molecule has 32 heavy (non-hydrogen) atoms. The van der Waals surface area contributed by atoms with Crippen LogP contribution in [-0.4, -0.2) is 42.5 Å². The van der Waals surface area contributed by atoms with E-state index in [1.807, 2.05) is 43.3 Å². The number of methoxy groups -OCH3 is 1. The molecular weight excluding hydrogens is 404 g/mol. The van der Waals surface area contributed by atoms with Crippen LogP contribution in [0.5, 0.6) is 11.5 Å². The number of carbonyl (C=O) groups excluding carboxylic acids is 2. The average molecular weight is 439 g/mol. The Kier molecular flexibility index (Phi) is 8.54. The molecule has 0 unspecified atom stereocenters. The van der Waals surface area contributed by atoms with E-state index in [2.05, 4.69) is 5.32 Å². The summed E-state index contributed by atoms with van der Waals surface area (Å²) in [5, 5.41) is 3.15.